The molecule has 216 valence electrons. The number of amides is 2. The number of hydrogen-bond donors (Lipinski definition) is 2. The van der Waals surface area contributed by atoms with Gasteiger partial charge in [0.1, 0.15) is 11.4 Å². The molecule has 1 saturated carbocycles. The maximum Gasteiger partial charge on any atom is 0.421 e. The fourth-order valence-corrected chi connectivity index (χ4v) is 5.66. The van der Waals surface area contributed by atoms with E-state index >= 15 is 0 Å². The molecule has 2 aromatic rings. The number of rotatable bonds is 7. The van der Waals surface area contributed by atoms with Crippen LogP contribution in [0, 0.1) is 5.92 Å². The Kier molecular flexibility index (Phi) is 8.16. The van der Waals surface area contributed by atoms with Crippen LogP contribution in [0.1, 0.15) is 54.4 Å². The Balaban J connectivity index is 1.24. The zero-order chi connectivity index (χ0) is 28.4. The number of benzene rings is 1. The molecule has 3 fully saturated rings. The van der Waals surface area contributed by atoms with Crippen molar-refractivity contribution in [1.29, 1.82) is 0 Å². The Morgan fingerprint density at radius 2 is 1.73 bits per heavy atom. The lowest BCUT2D eigenvalue weighted by molar-refractivity contribution is -0.139. The predicted molar refractivity (Wildman–Crippen MR) is 145 cm³/mol. The van der Waals surface area contributed by atoms with Crippen molar-refractivity contribution in [3.63, 3.8) is 0 Å². The van der Waals surface area contributed by atoms with Crippen molar-refractivity contribution < 1.29 is 22.8 Å². The van der Waals surface area contributed by atoms with Crippen molar-refractivity contribution in [2.75, 3.05) is 50.9 Å². The van der Waals surface area contributed by atoms with Crippen LogP contribution in [-0.2, 0) is 11.0 Å². The van der Waals surface area contributed by atoms with Crippen molar-refractivity contribution in [2.45, 2.75) is 56.8 Å². The molecule has 3 aliphatic rings. The zero-order valence-electron chi connectivity index (χ0n) is 22.9. The van der Waals surface area contributed by atoms with E-state index in [0.29, 0.717) is 30.5 Å². The highest BCUT2D eigenvalue weighted by Gasteiger charge is 2.38. The lowest BCUT2D eigenvalue weighted by Crippen LogP contribution is -2.45. The average Bonchev–Trinajstić information content (AvgIpc) is 3.36. The molecule has 0 spiro atoms. The second-order valence-corrected chi connectivity index (χ2v) is 11.1. The Hall–Kier alpha value is -3.41. The third-order valence-electron chi connectivity index (χ3n) is 8.33. The van der Waals surface area contributed by atoms with Gasteiger partial charge in [0.25, 0.3) is 5.91 Å². The number of nitrogens with zero attached hydrogens (tertiary/aromatic N) is 5. The summed E-state index contributed by atoms with van der Waals surface area (Å²) in [6.07, 6.45) is 0.698. The summed E-state index contributed by atoms with van der Waals surface area (Å²) in [5.74, 6) is -0.453. The molecule has 2 atom stereocenters. The number of carbonyl (C=O) groups is 2. The van der Waals surface area contributed by atoms with E-state index in [1.165, 1.54) is 0 Å². The van der Waals surface area contributed by atoms with Crippen molar-refractivity contribution in [3.8, 4) is 0 Å². The molecule has 0 bridgehead atoms. The minimum atomic E-state index is -4.63. The van der Waals surface area contributed by atoms with Crippen LogP contribution in [0.25, 0.3) is 0 Å². The Bertz CT molecular complexity index is 1210. The molecule has 1 aromatic heterocycles. The standard InChI is InChI=1S/C28H36F3N7O2/c1-36-14-10-22(11-15-36)37(2)25(39)18-4-7-20(8-5-18)34-27-32-17-23(28(29,30)31)24(35-27)33-21-9-6-19(16-21)26(40)38-12-3-13-38/h4-5,7-8,17,19,21-22H,3,6,9-16H2,1-2H3,(H2,32,33,34,35)/t19-,21+/m0/s1. The topological polar surface area (TPSA) is 93.7 Å². The SMILES string of the molecule is CN1CCC(N(C)C(=O)c2ccc(Nc3ncc(C(F)(F)F)c(N[C@@H]4CC[C@H](C(=O)N5CCC5)C4)n3)cc2)CC1. The number of anilines is 3. The molecule has 12 heteroatoms. The first-order chi connectivity index (χ1) is 19.1. The minimum absolute atomic E-state index is 0.00391. The number of carbonyl (C=O) groups excluding carboxylic acids is 2. The molecule has 2 aliphatic heterocycles. The van der Waals surface area contributed by atoms with Gasteiger partial charge in [0.2, 0.25) is 11.9 Å². The van der Waals surface area contributed by atoms with Crippen LogP contribution in [0.4, 0.5) is 30.6 Å². The van der Waals surface area contributed by atoms with Gasteiger partial charge < -0.3 is 25.3 Å². The summed E-state index contributed by atoms with van der Waals surface area (Å²) in [5.41, 5.74) is 0.130. The molecule has 3 heterocycles. The van der Waals surface area contributed by atoms with Gasteiger partial charge in [0.05, 0.1) is 0 Å². The third-order valence-corrected chi connectivity index (χ3v) is 8.33. The second-order valence-electron chi connectivity index (χ2n) is 11.1. The van der Waals surface area contributed by atoms with Crippen LogP contribution in [0.3, 0.4) is 0 Å². The number of halogens is 3. The normalized spacial score (nSPS) is 22.1. The summed E-state index contributed by atoms with van der Waals surface area (Å²) in [6, 6.07) is 6.66. The number of nitrogens with one attached hydrogen (secondary N) is 2. The number of alkyl halides is 3. The molecular weight excluding hydrogens is 523 g/mol. The molecule has 5 rings (SSSR count). The quantitative estimate of drug-likeness (QED) is 0.525. The van der Waals surface area contributed by atoms with Crippen molar-refractivity contribution in [1.82, 2.24) is 24.7 Å². The van der Waals surface area contributed by atoms with Gasteiger partial charge in [-0.15, -0.1) is 0 Å². The van der Waals surface area contributed by atoms with Crippen LogP contribution < -0.4 is 10.6 Å². The van der Waals surface area contributed by atoms with Crippen LogP contribution in [0.15, 0.2) is 30.5 Å². The van der Waals surface area contributed by atoms with E-state index in [4.69, 9.17) is 0 Å². The van der Waals surface area contributed by atoms with Gasteiger partial charge in [-0.05, 0) is 82.9 Å². The van der Waals surface area contributed by atoms with Crippen LogP contribution in [-0.4, -0.2) is 88.8 Å². The van der Waals surface area contributed by atoms with Crippen LogP contribution in [0.2, 0.25) is 0 Å². The van der Waals surface area contributed by atoms with Gasteiger partial charge in [-0.2, -0.15) is 18.2 Å². The molecule has 0 unspecified atom stereocenters. The van der Waals surface area contributed by atoms with Gasteiger partial charge in [-0.25, -0.2) is 4.98 Å². The predicted octanol–water partition coefficient (Wildman–Crippen LogP) is 4.22. The van der Waals surface area contributed by atoms with Gasteiger partial charge in [0.15, 0.2) is 0 Å². The minimum Gasteiger partial charge on any atom is -0.367 e. The first-order valence-corrected chi connectivity index (χ1v) is 13.9. The van der Waals surface area contributed by atoms with E-state index in [-0.39, 0.29) is 41.6 Å². The number of likely N-dealkylation sites (tertiary alicyclic amines) is 2. The molecular formula is C28H36F3N7O2. The van der Waals surface area contributed by atoms with Crippen molar-refractivity contribution >= 4 is 29.3 Å². The number of hydrogen-bond acceptors (Lipinski definition) is 7. The van der Waals surface area contributed by atoms with Crippen molar-refractivity contribution in [2.24, 2.45) is 5.92 Å². The van der Waals surface area contributed by atoms with Gasteiger partial charge >= 0.3 is 6.18 Å². The van der Waals surface area contributed by atoms with E-state index in [9.17, 15) is 22.8 Å². The van der Waals surface area contributed by atoms with Gasteiger partial charge in [0, 0.05) is 55.6 Å². The number of piperidine rings is 1. The second kappa shape index (κ2) is 11.6. The molecule has 1 aromatic carbocycles. The van der Waals surface area contributed by atoms with Crippen LogP contribution >= 0.6 is 0 Å². The van der Waals surface area contributed by atoms with Gasteiger partial charge in [-0.1, -0.05) is 0 Å². The maximum absolute atomic E-state index is 13.7. The molecule has 2 saturated heterocycles. The lowest BCUT2D eigenvalue weighted by Gasteiger charge is -2.35. The Morgan fingerprint density at radius 1 is 1.02 bits per heavy atom. The lowest BCUT2D eigenvalue weighted by atomic mass is 10.0. The third kappa shape index (κ3) is 6.32. The molecule has 2 N–H and O–H groups in total. The molecule has 2 amide bonds. The van der Waals surface area contributed by atoms with Crippen molar-refractivity contribution in [3.05, 3.63) is 41.6 Å². The molecule has 1 aliphatic carbocycles. The largest absolute Gasteiger partial charge is 0.421 e. The smallest absolute Gasteiger partial charge is 0.367 e. The highest BCUT2D eigenvalue weighted by atomic mass is 19.4. The van der Waals surface area contributed by atoms with Gasteiger partial charge in [-0.3, -0.25) is 9.59 Å². The average molecular weight is 560 g/mol. The zero-order valence-corrected chi connectivity index (χ0v) is 22.9. The Labute approximate surface area is 232 Å². The number of aromatic nitrogens is 2. The van der Waals surface area contributed by atoms with E-state index in [1.54, 1.807) is 29.2 Å². The highest BCUT2D eigenvalue weighted by Crippen LogP contribution is 2.37. The Morgan fingerprint density at radius 3 is 2.35 bits per heavy atom. The first-order valence-electron chi connectivity index (χ1n) is 13.9. The van der Waals surface area contributed by atoms with E-state index in [0.717, 1.165) is 51.6 Å². The highest BCUT2D eigenvalue weighted by molar-refractivity contribution is 5.94. The maximum atomic E-state index is 13.7. The fraction of sp³-hybridized carbons (Fsp3) is 0.571. The van der Waals surface area contributed by atoms with E-state index < -0.39 is 11.7 Å². The summed E-state index contributed by atoms with van der Waals surface area (Å²) in [6.45, 7) is 3.42. The van der Waals surface area contributed by atoms with Crippen LogP contribution in [0.5, 0.6) is 0 Å². The summed E-state index contributed by atoms with van der Waals surface area (Å²) >= 11 is 0. The molecule has 40 heavy (non-hydrogen) atoms. The van der Waals surface area contributed by atoms with E-state index in [1.807, 2.05) is 11.9 Å². The van der Waals surface area contributed by atoms with E-state index in [2.05, 4.69) is 32.5 Å². The first kappa shape index (κ1) is 28.1. The summed E-state index contributed by atoms with van der Waals surface area (Å²) in [5, 5.41) is 5.89. The summed E-state index contributed by atoms with van der Waals surface area (Å²) in [7, 11) is 3.90. The summed E-state index contributed by atoms with van der Waals surface area (Å²) < 4.78 is 41.2. The molecule has 9 nitrogen and oxygen atoms in total. The fourth-order valence-electron chi connectivity index (χ4n) is 5.66. The monoisotopic (exact) mass is 559 g/mol. The molecule has 0 radical (unpaired) electrons. The summed E-state index contributed by atoms with van der Waals surface area (Å²) in [4.78, 5) is 39.4.